The van der Waals surface area contributed by atoms with Crippen molar-refractivity contribution in [3.05, 3.63) is 106 Å². The monoisotopic (exact) mass is 671 g/mol. The molecule has 0 spiro atoms. The second-order valence-corrected chi connectivity index (χ2v) is 13.5. The van der Waals surface area contributed by atoms with Gasteiger partial charge in [0.15, 0.2) is 10.1 Å². The number of anilines is 1. The number of carbonyl (C=O) groups is 2. The van der Waals surface area contributed by atoms with Crippen LogP contribution in [0.5, 0.6) is 5.75 Å². The summed E-state index contributed by atoms with van der Waals surface area (Å²) in [6.45, 7) is 6.46. The van der Waals surface area contributed by atoms with Gasteiger partial charge in [-0.2, -0.15) is 0 Å². The third-order valence-corrected chi connectivity index (χ3v) is 10.2. The van der Waals surface area contributed by atoms with Crippen LogP contribution in [0.25, 0.3) is 11.4 Å². The van der Waals surface area contributed by atoms with Gasteiger partial charge < -0.3 is 14.2 Å². The van der Waals surface area contributed by atoms with Gasteiger partial charge in [-0.25, -0.2) is 9.37 Å². The van der Waals surface area contributed by atoms with Crippen molar-refractivity contribution < 1.29 is 23.8 Å². The predicted octanol–water partition coefficient (Wildman–Crippen LogP) is 7.82. The summed E-state index contributed by atoms with van der Waals surface area (Å²) in [6, 6.07) is 16.4. The number of hydrogen-bond acceptors (Lipinski definition) is 9. The van der Waals surface area contributed by atoms with E-state index < -0.39 is 17.7 Å². The van der Waals surface area contributed by atoms with E-state index >= 15 is 0 Å². The highest BCUT2D eigenvalue weighted by atomic mass is 32.2. The smallest absolute Gasteiger partial charge is 0.301 e. The molecule has 4 heterocycles. The minimum atomic E-state index is -1.00. The molecule has 5 aromatic rings. The number of ether oxygens (including phenoxy) is 1. The molecule has 1 unspecified atom stereocenters. The number of Topliss-reactive ketones (excluding diaryl/α,β-unsaturated/α-hetero) is 1. The summed E-state index contributed by atoms with van der Waals surface area (Å²) in [7, 11) is 0. The van der Waals surface area contributed by atoms with Crippen molar-refractivity contribution >= 4 is 51.3 Å². The molecular weight excluding hydrogens is 638 g/mol. The lowest BCUT2D eigenvalue weighted by Gasteiger charge is -2.22. The third-order valence-electron chi connectivity index (χ3n) is 8.13. The maximum Gasteiger partial charge on any atom is 0.301 e. The van der Waals surface area contributed by atoms with Crippen molar-refractivity contribution in [3.63, 3.8) is 0 Å². The second kappa shape index (κ2) is 14.1. The largest absolute Gasteiger partial charge is 0.505 e. The minimum absolute atomic E-state index is 0.0943. The average Bonchev–Trinajstić information content (AvgIpc) is 3.75. The summed E-state index contributed by atoms with van der Waals surface area (Å²) in [5.41, 5.74) is 3.37. The maximum absolute atomic E-state index is 14.2. The molecule has 0 aliphatic carbocycles. The molecule has 0 bridgehead atoms. The molecule has 3 aromatic heterocycles. The standard InChI is InChI=1S/C35H34FN5O4S2/c1-4-5-6-9-19-45-25-16-14-23(15-17-25)29-27(30(42)28-22(3)40-18-10-11-21(2)32(40)37-28)31(43)33(44)41(29)34-38-39-35(47-34)46-20-24-12-7-8-13-26(24)36/h7-8,10-18,29,42H,4-6,9,19-20H2,1-3H3. The van der Waals surface area contributed by atoms with E-state index in [4.69, 9.17) is 4.74 Å². The summed E-state index contributed by atoms with van der Waals surface area (Å²) in [5.74, 6) is -1.40. The van der Waals surface area contributed by atoms with Crippen LogP contribution in [0.4, 0.5) is 9.52 Å². The molecule has 1 N–H and O–H groups in total. The van der Waals surface area contributed by atoms with Crippen LogP contribution in [-0.2, 0) is 15.3 Å². The zero-order chi connectivity index (χ0) is 33.1. The molecule has 1 aliphatic rings. The number of pyridine rings is 1. The maximum atomic E-state index is 14.2. The fourth-order valence-electron chi connectivity index (χ4n) is 5.60. The number of imidazole rings is 1. The molecule has 1 atom stereocenters. The van der Waals surface area contributed by atoms with E-state index in [9.17, 15) is 19.1 Å². The quantitative estimate of drug-likeness (QED) is 0.0357. The van der Waals surface area contributed by atoms with Gasteiger partial charge in [-0.15, -0.1) is 10.2 Å². The van der Waals surface area contributed by atoms with Crippen LogP contribution in [0.3, 0.4) is 0 Å². The number of rotatable bonds is 12. The van der Waals surface area contributed by atoms with Crippen molar-refractivity contribution in [1.82, 2.24) is 19.6 Å². The van der Waals surface area contributed by atoms with Crippen molar-refractivity contribution in [2.45, 2.75) is 62.6 Å². The first-order chi connectivity index (χ1) is 22.8. The first-order valence-corrected chi connectivity index (χ1v) is 17.3. The summed E-state index contributed by atoms with van der Waals surface area (Å²) in [5, 5.41) is 20.5. The number of aromatic nitrogens is 4. The minimum Gasteiger partial charge on any atom is -0.505 e. The van der Waals surface area contributed by atoms with Gasteiger partial charge in [-0.3, -0.25) is 14.5 Å². The van der Waals surface area contributed by atoms with Crippen LogP contribution in [0.15, 0.2) is 76.8 Å². The Hall–Kier alpha value is -4.55. The fraction of sp³-hybridized carbons (Fsp3) is 0.286. The lowest BCUT2D eigenvalue weighted by molar-refractivity contribution is -0.132. The summed E-state index contributed by atoms with van der Waals surface area (Å²) in [4.78, 5) is 33.5. The topological polar surface area (TPSA) is 110 Å². The number of aryl methyl sites for hydroxylation is 2. The lowest BCUT2D eigenvalue weighted by Crippen LogP contribution is -2.29. The highest BCUT2D eigenvalue weighted by molar-refractivity contribution is 8.00. The fourth-order valence-corrected chi connectivity index (χ4v) is 7.45. The zero-order valence-corrected chi connectivity index (χ0v) is 27.9. The Morgan fingerprint density at radius 1 is 1.02 bits per heavy atom. The normalized spacial score (nSPS) is 16.0. The molecule has 1 aliphatic heterocycles. The Labute approximate surface area is 280 Å². The number of benzene rings is 2. The molecule has 12 heteroatoms. The van der Waals surface area contributed by atoms with Crippen LogP contribution in [0, 0.1) is 19.7 Å². The third kappa shape index (κ3) is 6.52. The van der Waals surface area contributed by atoms with Gasteiger partial charge in [0.1, 0.15) is 22.9 Å². The average molecular weight is 672 g/mol. The number of amides is 1. The number of thioether (sulfide) groups is 1. The SMILES string of the molecule is CCCCCCOc1ccc(C2C(=C(O)c3nc4c(C)cccn4c3C)C(=O)C(=O)N2c2nnc(SCc3ccccc3F)s2)cc1. The predicted molar refractivity (Wildman–Crippen MR) is 181 cm³/mol. The van der Waals surface area contributed by atoms with Crippen molar-refractivity contribution in [2.75, 3.05) is 11.5 Å². The van der Waals surface area contributed by atoms with Crippen LogP contribution in [-0.4, -0.2) is 43.0 Å². The molecule has 0 saturated carbocycles. The highest BCUT2D eigenvalue weighted by Gasteiger charge is 2.49. The first kappa shape index (κ1) is 32.4. The van der Waals surface area contributed by atoms with Gasteiger partial charge in [-0.05, 0) is 61.2 Å². The van der Waals surface area contributed by atoms with Gasteiger partial charge in [0.05, 0.1) is 23.9 Å². The summed E-state index contributed by atoms with van der Waals surface area (Å²) >= 11 is 2.40. The Balaban J connectivity index is 1.37. The second-order valence-electron chi connectivity index (χ2n) is 11.3. The summed E-state index contributed by atoms with van der Waals surface area (Å²) < 4.78 is 22.5. The molecule has 47 heavy (non-hydrogen) atoms. The van der Waals surface area contributed by atoms with E-state index in [1.54, 1.807) is 49.4 Å². The molecule has 9 nitrogen and oxygen atoms in total. The van der Waals surface area contributed by atoms with E-state index in [0.717, 1.165) is 42.6 Å². The lowest BCUT2D eigenvalue weighted by atomic mass is 9.96. The number of aliphatic hydroxyl groups is 1. The number of halogens is 1. The van der Waals surface area contributed by atoms with E-state index in [2.05, 4.69) is 22.1 Å². The van der Waals surface area contributed by atoms with E-state index in [1.165, 1.54) is 22.7 Å². The number of aliphatic hydroxyl groups excluding tert-OH is 1. The number of hydrogen-bond donors (Lipinski definition) is 1. The number of ketones is 1. The van der Waals surface area contributed by atoms with Gasteiger partial charge >= 0.3 is 5.91 Å². The van der Waals surface area contributed by atoms with Gasteiger partial charge in [-0.1, -0.05) is 85.7 Å². The van der Waals surface area contributed by atoms with E-state index in [1.807, 2.05) is 29.7 Å². The van der Waals surface area contributed by atoms with E-state index in [0.29, 0.717) is 44.9 Å². The Bertz CT molecular complexity index is 1970. The molecule has 6 rings (SSSR count). The summed E-state index contributed by atoms with van der Waals surface area (Å²) in [6.07, 6.45) is 6.16. The van der Waals surface area contributed by atoms with E-state index in [-0.39, 0.29) is 28.0 Å². The molecule has 1 fully saturated rings. The molecule has 2 aromatic carbocycles. The van der Waals surface area contributed by atoms with Crippen LogP contribution in [0.2, 0.25) is 0 Å². The van der Waals surface area contributed by atoms with Crippen molar-refractivity contribution in [3.8, 4) is 5.75 Å². The van der Waals surface area contributed by atoms with Crippen LogP contribution in [0.1, 0.15) is 66.7 Å². The number of unbranched alkanes of at least 4 members (excludes halogenated alkanes) is 3. The van der Waals surface area contributed by atoms with Crippen LogP contribution >= 0.6 is 23.1 Å². The Morgan fingerprint density at radius 3 is 2.55 bits per heavy atom. The number of carbonyl (C=O) groups excluding carboxylic acids is 2. The molecule has 1 amide bonds. The molecular formula is C35H34FN5O4S2. The van der Waals surface area contributed by atoms with Crippen molar-refractivity contribution in [2.24, 2.45) is 0 Å². The Kier molecular flexibility index (Phi) is 9.69. The van der Waals surface area contributed by atoms with Gasteiger partial charge in [0.2, 0.25) is 5.13 Å². The van der Waals surface area contributed by atoms with Crippen molar-refractivity contribution in [1.29, 1.82) is 0 Å². The van der Waals surface area contributed by atoms with Crippen LogP contribution < -0.4 is 9.64 Å². The number of nitrogens with zero attached hydrogens (tertiary/aromatic N) is 5. The Morgan fingerprint density at radius 2 is 1.81 bits per heavy atom. The molecule has 242 valence electrons. The van der Waals surface area contributed by atoms with Gasteiger partial charge in [0.25, 0.3) is 5.78 Å². The zero-order valence-electron chi connectivity index (χ0n) is 26.3. The highest BCUT2D eigenvalue weighted by Crippen LogP contribution is 2.44. The number of fused-ring (bicyclic) bond motifs is 1. The first-order valence-electron chi connectivity index (χ1n) is 15.5. The molecule has 0 radical (unpaired) electrons. The van der Waals surface area contributed by atoms with Gasteiger partial charge in [0, 0.05) is 11.9 Å². The molecule has 1 saturated heterocycles.